The summed E-state index contributed by atoms with van der Waals surface area (Å²) in [6.07, 6.45) is 3.10. The molecule has 174 valence electrons. The molecule has 4 aromatic rings. The van der Waals surface area contributed by atoms with Crippen molar-refractivity contribution in [1.82, 2.24) is 9.88 Å². The standard InChI is InChI=1S/C27H26FN3O3/c1-17-2-6-20(10-12-30-27(34)26(29)33)23-11-13-31(25(17)23)16-19-5-9-24(32)21(15-19)14-18-3-7-22(28)8-4-18/h2-9,11,13,15,32H,10,12,14,16H2,1H3,(H2,29,33)(H,30,34). The van der Waals surface area contributed by atoms with Crippen LogP contribution in [0.2, 0.25) is 0 Å². The molecular formula is C27H26FN3O3. The van der Waals surface area contributed by atoms with Crippen molar-refractivity contribution < 1.29 is 19.1 Å². The van der Waals surface area contributed by atoms with E-state index in [1.54, 1.807) is 18.2 Å². The fraction of sp³-hybridized carbons (Fsp3) is 0.185. The van der Waals surface area contributed by atoms with Crippen molar-refractivity contribution in [3.63, 3.8) is 0 Å². The second kappa shape index (κ2) is 9.79. The van der Waals surface area contributed by atoms with Crippen LogP contribution in [0.3, 0.4) is 0 Å². The number of phenols is 1. The van der Waals surface area contributed by atoms with Crippen LogP contribution in [0.15, 0.2) is 66.9 Å². The highest BCUT2D eigenvalue weighted by Crippen LogP contribution is 2.27. The Hall–Kier alpha value is -4.13. The summed E-state index contributed by atoms with van der Waals surface area (Å²) in [6.45, 7) is 2.98. The van der Waals surface area contributed by atoms with Crippen LogP contribution in [0.5, 0.6) is 5.75 Å². The number of hydrogen-bond acceptors (Lipinski definition) is 3. The van der Waals surface area contributed by atoms with Gasteiger partial charge in [-0.1, -0.05) is 30.3 Å². The van der Waals surface area contributed by atoms with Gasteiger partial charge in [-0.3, -0.25) is 9.59 Å². The number of halogens is 1. The van der Waals surface area contributed by atoms with E-state index in [0.29, 0.717) is 25.9 Å². The summed E-state index contributed by atoms with van der Waals surface area (Å²) in [5.41, 5.74) is 11.0. The first-order chi connectivity index (χ1) is 16.3. The Balaban J connectivity index is 1.56. The van der Waals surface area contributed by atoms with Gasteiger partial charge in [-0.2, -0.15) is 0 Å². The van der Waals surface area contributed by atoms with Gasteiger partial charge in [0.25, 0.3) is 0 Å². The van der Waals surface area contributed by atoms with Crippen LogP contribution < -0.4 is 11.1 Å². The predicted molar refractivity (Wildman–Crippen MR) is 129 cm³/mol. The number of nitrogens with two attached hydrogens (primary N) is 1. The molecule has 6 nitrogen and oxygen atoms in total. The number of nitrogens with zero attached hydrogens (tertiary/aromatic N) is 1. The van der Waals surface area contributed by atoms with Gasteiger partial charge in [0.05, 0.1) is 5.52 Å². The average Bonchev–Trinajstić information content (AvgIpc) is 3.23. The molecule has 0 aliphatic heterocycles. The smallest absolute Gasteiger partial charge is 0.309 e. The van der Waals surface area contributed by atoms with E-state index in [9.17, 15) is 19.1 Å². The number of carbonyl (C=O) groups excluding carboxylic acids is 2. The van der Waals surface area contributed by atoms with Gasteiger partial charge >= 0.3 is 11.8 Å². The van der Waals surface area contributed by atoms with Crippen LogP contribution in [0.25, 0.3) is 10.9 Å². The minimum Gasteiger partial charge on any atom is -0.508 e. The zero-order chi connectivity index (χ0) is 24.2. The zero-order valence-electron chi connectivity index (χ0n) is 18.8. The molecule has 4 rings (SSSR count). The fourth-order valence-electron chi connectivity index (χ4n) is 4.21. The number of aryl methyl sites for hydroxylation is 1. The maximum Gasteiger partial charge on any atom is 0.309 e. The quantitative estimate of drug-likeness (QED) is 0.369. The first-order valence-corrected chi connectivity index (χ1v) is 11.0. The second-order valence-electron chi connectivity index (χ2n) is 8.38. The molecule has 0 saturated carbocycles. The Bertz CT molecular complexity index is 1360. The summed E-state index contributed by atoms with van der Waals surface area (Å²) in [5.74, 6) is -1.86. The number of benzene rings is 3. The van der Waals surface area contributed by atoms with Crippen molar-refractivity contribution >= 4 is 22.7 Å². The van der Waals surface area contributed by atoms with Gasteiger partial charge in [0.2, 0.25) is 0 Å². The zero-order valence-corrected chi connectivity index (χ0v) is 18.8. The molecule has 7 heteroatoms. The Morgan fingerprint density at radius 1 is 1.00 bits per heavy atom. The average molecular weight is 460 g/mol. The van der Waals surface area contributed by atoms with E-state index in [2.05, 4.69) is 9.88 Å². The molecule has 0 atom stereocenters. The van der Waals surface area contributed by atoms with Crippen molar-refractivity contribution in [2.75, 3.05) is 6.54 Å². The SMILES string of the molecule is Cc1ccc(CCNC(=O)C(N)=O)c2ccn(Cc3ccc(O)c(Cc4ccc(F)cc4)c3)c12. The van der Waals surface area contributed by atoms with E-state index in [1.165, 1.54) is 12.1 Å². The number of phenolic OH excluding ortho intramolecular Hbond substituents is 1. The summed E-state index contributed by atoms with van der Waals surface area (Å²) in [6, 6.07) is 18.0. The van der Waals surface area contributed by atoms with Crippen LogP contribution in [-0.2, 0) is 29.0 Å². The first-order valence-electron chi connectivity index (χ1n) is 11.0. The van der Waals surface area contributed by atoms with E-state index in [1.807, 2.05) is 43.5 Å². The number of aromatic nitrogens is 1. The molecule has 3 aromatic carbocycles. The number of fused-ring (bicyclic) bond motifs is 1. The van der Waals surface area contributed by atoms with Gasteiger partial charge in [0.1, 0.15) is 11.6 Å². The summed E-state index contributed by atoms with van der Waals surface area (Å²) >= 11 is 0. The number of nitrogens with one attached hydrogen (secondary N) is 1. The van der Waals surface area contributed by atoms with Gasteiger partial charge < -0.3 is 20.7 Å². The minimum absolute atomic E-state index is 0.210. The van der Waals surface area contributed by atoms with Gasteiger partial charge in [-0.25, -0.2) is 4.39 Å². The lowest BCUT2D eigenvalue weighted by atomic mass is 10.0. The van der Waals surface area contributed by atoms with Gasteiger partial charge in [-0.15, -0.1) is 0 Å². The minimum atomic E-state index is -0.993. The maximum atomic E-state index is 13.2. The van der Waals surface area contributed by atoms with Crippen molar-refractivity contribution in [3.8, 4) is 5.75 Å². The molecule has 0 aliphatic carbocycles. The third-order valence-corrected chi connectivity index (χ3v) is 5.93. The van der Waals surface area contributed by atoms with Crippen molar-refractivity contribution in [2.45, 2.75) is 26.3 Å². The first kappa shape index (κ1) is 23.0. The molecule has 4 N–H and O–H groups in total. The monoisotopic (exact) mass is 459 g/mol. The van der Waals surface area contributed by atoms with E-state index in [0.717, 1.165) is 38.7 Å². The molecule has 0 unspecified atom stereocenters. The molecule has 0 fully saturated rings. The Kier molecular flexibility index (Phi) is 6.63. The fourth-order valence-corrected chi connectivity index (χ4v) is 4.21. The third-order valence-electron chi connectivity index (χ3n) is 5.93. The highest BCUT2D eigenvalue weighted by Gasteiger charge is 2.12. The van der Waals surface area contributed by atoms with Crippen LogP contribution in [0.4, 0.5) is 4.39 Å². The molecule has 2 amide bonds. The highest BCUT2D eigenvalue weighted by atomic mass is 19.1. The van der Waals surface area contributed by atoms with Crippen LogP contribution in [-0.4, -0.2) is 28.0 Å². The molecule has 34 heavy (non-hydrogen) atoms. The van der Waals surface area contributed by atoms with E-state index in [4.69, 9.17) is 5.73 Å². The molecule has 0 spiro atoms. The van der Waals surface area contributed by atoms with Crippen LogP contribution in [0.1, 0.15) is 27.8 Å². The Morgan fingerprint density at radius 3 is 2.47 bits per heavy atom. The molecule has 0 aliphatic rings. The molecule has 0 bridgehead atoms. The maximum absolute atomic E-state index is 13.2. The summed E-state index contributed by atoms with van der Waals surface area (Å²) in [4.78, 5) is 22.3. The normalized spacial score (nSPS) is 11.0. The summed E-state index contributed by atoms with van der Waals surface area (Å²) in [5, 5.41) is 14.0. The molecule has 1 aromatic heterocycles. The molecule has 1 heterocycles. The second-order valence-corrected chi connectivity index (χ2v) is 8.38. The number of primary amides is 1. The highest BCUT2D eigenvalue weighted by molar-refractivity contribution is 6.34. The van der Waals surface area contributed by atoms with Gasteiger partial charge in [0, 0.05) is 31.1 Å². The van der Waals surface area contributed by atoms with E-state index in [-0.39, 0.29) is 11.6 Å². The molecule has 0 saturated heterocycles. The topological polar surface area (TPSA) is 97.4 Å². The lowest BCUT2D eigenvalue weighted by Gasteiger charge is -2.12. The third kappa shape index (κ3) is 5.09. The number of aromatic hydroxyl groups is 1. The van der Waals surface area contributed by atoms with Crippen LogP contribution >= 0.6 is 0 Å². The Labute approximate surface area is 196 Å². The van der Waals surface area contributed by atoms with Gasteiger partial charge in [-0.05, 0) is 71.5 Å². The lowest BCUT2D eigenvalue weighted by Crippen LogP contribution is -2.37. The number of rotatable bonds is 7. The van der Waals surface area contributed by atoms with Gasteiger partial charge in [0.15, 0.2) is 0 Å². The lowest BCUT2D eigenvalue weighted by molar-refractivity contribution is -0.137. The number of amides is 2. The summed E-state index contributed by atoms with van der Waals surface area (Å²) in [7, 11) is 0. The van der Waals surface area contributed by atoms with E-state index >= 15 is 0 Å². The summed E-state index contributed by atoms with van der Waals surface area (Å²) < 4.78 is 15.4. The predicted octanol–water partition coefficient (Wildman–Crippen LogP) is 3.58. The van der Waals surface area contributed by atoms with Crippen molar-refractivity contribution in [3.05, 3.63) is 100 Å². The van der Waals surface area contributed by atoms with E-state index < -0.39 is 11.8 Å². The largest absolute Gasteiger partial charge is 0.508 e. The molecular weight excluding hydrogens is 433 g/mol. The van der Waals surface area contributed by atoms with Crippen molar-refractivity contribution in [1.29, 1.82) is 0 Å². The number of hydrogen-bond donors (Lipinski definition) is 3. The van der Waals surface area contributed by atoms with Crippen LogP contribution in [0, 0.1) is 12.7 Å². The molecule has 0 radical (unpaired) electrons. The number of carbonyl (C=O) groups is 2. The van der Waals surface area contributed by atoms with Crippen molar-refractivity contribution in [2.24, 2.45) is 5.73 Å². The Morgan fingerprint density at radius 2 is 1.74 bits per heavy atom.